The molecular formula is C18H26N4O8S. The molecule has 1 rings (SSSR count). The first-order valence-electron chi connectivity index (χ1n) is 9.12. The number of carboxylic acid groups (broad SMARTS) is 1. The number of benzene rings is 1. The molecule has 9 N–H and O–H groups in total. The first kappa shape index (κ1) is 26.2. The van der Waals surface area contributed by atoms with Crippen LogP contribution in [0.5, 0.6) is 5.75 Å². The van der Waals surface area contributed by atoms with Gasteiger partial charge < -0.3 is 42.1 Å². The van der Waals surface area contributed by atoms with Crippen LogP contribution in [0.1, 0.15) is 5.56 Å². The van der Waals surface area contributed by atoms with Crippen LogP contribution in [-0.2, 0) is 25.6 Å². The number of aliphatic hydroxyl groups is 2. The van der Waals surface area contributed by atoms with Gasteiger partial charge in [-0.1, -0.05) is 12.1 Å². The molecule has 0 saturated carbocycles. The maximum absolute atomic E-state index is 12.6. The lowest BCUT2D eigenvalue weighted by atomic mass is 10.0. The normalized spacial score (nSPS) is 14.6. The monoisotopic (exact) mass is 458 g/mol. The Hall–Kier alpha value is -2.87. The number of rotatable bonds is 12. The average Bonchev–Trinajstić information content (AvgIpc) is 2.75. The minimum atomic E-state index is -1.60. The van der Waals surface area contributed by atoms with Gasteiger partial charge in [0.05, 0.1) is 19.3 Å². The van der Waals surface area contributed by atoms with Crippen molar-refractivity contribution in [3.05, 3.63) is 29.8 Å². The van der Waals surface area contributed by atoms with E-state index in [2.05, 4.69) is 28.6 Å². The second-order valence-electron chi connectivity index (χ2n) is 6.55. The highest BCUT2D eigenvalue weighted by molar-refractivity contribution is 7.80. The summed E-state index contributed by atoms with van der Waals surface area (Å²) in [7, 11) is 0. The lowest BCUT2D eigenvalue weighted by Crippen LogP contribution is -2.59. The Morgan fingerprint density at radius 2 is 1.35 bits per heavy atom. The van der Waals surface area contributed by atoms with Crippen LogP contribution >= 0.6 is 12.6 Å². The molecule has 0 aliphatic heterocycles. The summed E-state index contributed by atoms with van der Waals surface area (Å²) in [6.07, 6.45) is -0.113. The topological polar surface area (TPSA) is 211 Å². The molecule has 0 aliphatic carbocycles. The van der Waals surface area contributed by atoms with Gasteiger partial charge in [-0.15, -0.1) is 0 Å². The van der Waals surface area contributed by atoms with Gasteiger partial charge in [-0.25, -0.2) is 4.79 Å². The van der Waals surface area contributed by atoms with E-state index in [0.29, 0.717) is 5.56 Å². The summed E-state index contributed by atoms with van der Waals surface area (Å²) in [5.41, 5.74) is 6.03. The van der Waals surface area contributed by atoms with Gasteiger partial charge in [0.1, 0.15) is 23.9 Å². The Morgan fingerprint density at radius 1 is 0.871 bits per heavy atom. The molecule has 0 bridgehead atoms. The number of aliphatic carboxylic acids is 1. The number of aromatic hydroxyl groups is 1. The standard InChI is InChI=1S/C18H26N4O8S/c19-11(8-31)15(26)21-13(6-23)17(28)20-12(5-9-1-3-10(25)4-2-9)16(27)22-14(7-24)18(29)30/h1-4,11-14,23-25,31H,5-8,19H2,(H,20,28)(H,21,26)(H,22,27)(H,29,30). The van der Waals surface area contributed by atoms with E-state index in [4.69, 9.17) is 15.9 Å². The fourth-order valence-corrected chi connectivity index (χ4v) is 2.53. The number of phenols is 1. The minimum absolute atomic E-state index is 0.00474. The van der Waals surface area contributed by atoms with Crippen molar-refractivity contribution in [3.8, 4) is 5.75 Å². The molecule has 0 aliphatic rings. The molecule has 0 spiro atoms. The summed E-state index contributed by atoms with van der Waals surface area (Å²) in [6, 6.07) is 0.302. The van der Waals surface area contributed by atoms with E-state index in [0.717, 1.165) is 0 Å². The van der Waals surface area contributed by atoms with Crippen LogP contribution in [0.4, 0.5) is 0 Å². The maximum Gasteiger partial charge on any atom is 0.328 e. The molecule has 13 heteroatoms. The lowest BCUT2D eigenvalue weighted by Gasteiger charge is -2.24. The third kappa shape index (κ3) is 8.41. The largest absolute Gasteiger partial charge is 0.508 e. The number of nitrogens with two attached hydrogens (primary N) is 1. The van der Waals surface area contributed by atoms with Crippen molar-refractivity contribution in [1.82, 2.24) is 16.0 Å². The molecule has 0 radical (unpaired) electrons. The van der Waals surface area contributed by atoms with Gasteiger partial charge in [0.25, 0.3) is 0 Å². The number of carbonyl (C=O) groups excluding carboxylic acids is 3. The van der Waals surface area contributed by atoms with Crippen LogP contribution in [-0.4, -0.2) is 87.3 Å². The van der Waals surface area contributed by atoms with Crippen LogP contribution in [0.2, 0.25) is 0 Å². The van der Waals surface area contributed by atoms with Crippen molar-refractivity contribution >= 4 is 36.3 Å². The van der Waals surface area contributed by atoms with Gasteiger partial charge in [0, 0.05) is 12.2 Å². The van der Waals surface area contributed by atoms with Crippen molar-refractivity contribution < 1.29 is 39.6 Å². The van der Waals surface area contributed by atoms with Gasteiger partial charge in [-0.2, -0.15) is 12.6 Å². The van der Waals surface area contributed by atoms with E-state index < -0.39 is 61.1 Å². The van der Waals surface area contributed by atoms with Crippen molar-refractivity contribution in [2.45, 2.75) is 30.6 Å². The minimum Gasteiger partial charge on any atom is -0.508 e. The number of carboxylic acids is 1. The molecular weight excluding hydrogens is 432 g/mol. The van der Waals surface area contributed by atoms with E-state index in [1.54, 1.807) is 0 Å². The fraction of sp³-hybridized carbons (Fsp3) is 0.444. The molecule has 3 amide bonds. The van der Waals surface area contributed by atoms with Gasteiger partial charge in [0.15, 0.2) is 0 Å². The van der Waals surface area contributed by atoms with Gasteiger partial charge in [0.2, 0.25) is 17.7 Å². The summed E-state index contributed by atoms with van der Waals surface area (Å²) in [5, 5.41) is 43.6. The Labute approximate surface area is 183 Å². The highest BCUT2D eigenvalue weighted by Crippen LogP contribution is 2.12. The Balaban J connectivity index is 3.01. The highest BCUT2D eigenvalue weighted by atomic mass is 32.1. The number of hydrogen-bond acceptors (Lipinski definition) is 9. The third-order valence-corrected chi connectivity index (χ3v) is 4.55. The summed E-state index contributed by atoms with van der Waals surface area (Å²) in [5.74, 6) is -4.09. The predicted octanol–water partition coefficient (Wildman–Crippen LogP) is -3.28. The molecule has 4 atom stereocenters. The molecule has 0 saturated heterocycles. The highest BCUT2D eigenvalue weighted by Gasteiger charge is 2.30. The SMILES string of the molecule is NC(CS)C(=O)NC(CO)C(=O)NC(Cc1ccc(O)cc1)C(=O)NC(CO)C(=O)O. The number of aliphatic hydroxyl groups excluding tert-OH is 2. The Morgan fingerprint density at radius 3 is 1.84 bits per heavy atom. The average molecular weight is 458 g/mol. The quantitative estimate of drug-likeness (QED) is 0.143. The molecule has 1 aromatic carbocycles. The molecule has 1 aromatic rings. The zero-order valence-corrected chi connectivity index (χ0v) is 17.3. The number of thiol groups is 1. The van der Waals surface area contributed by atoms with E-state index in [9.17, 15) is 29.4 Å². The summed E-state index contributed by atoms with van der Waals surface area (Å²) < 4.78 is 0. The molecule has 31 heavy (non-hydrogen) atoms. The summed E-state index contributed by atoms with van der Waals surface area (Å²) >= 11 is 3.87. The first-order valence-corrected chi connectivity index (χ1v) is 9.76. The van der Waals surface area contributed by atoms with E-state index >= 15 is 0 Å². The van der Waals surface area contributed by atoms with E-state index in [-0.39, 0.29) is 17.9 Å². The zero-order chi connectivity index (χ0) is 23.6. The van der Waals surface area contributed by atoms with Crippen LogP contribution in [0.3, 0.4) is 0 Å². The van der Waals surface area contributed by atoms with E-state index in [1.165, 1.54) is 24.3 Å². The molecule has 0 heterocycles. The number of hydrogen-bond donors (Lipinski definition) is 9. The third-order valence-electron chi connectivity index (χ3n) is 4.16. The van der Waals surface area contributed by atoms with Crippen molar-refractivity contribution in [3.63, 3.8) is 0 Å². The molecule has 4 unspecified atom stereocenters. The van der Waals surface area contributed by atoms with Crippen molar-refractivity contribution in [2.75, 3.05) is 19.0 Å². The molecule has 172 valence electrons. The second-order valence-corrected chi connectivity index (χ2v) is 6.91. The van der Waals surface area contributed by atoms with Crippen molar-refractivity contribution in [2.24, 2.45) is 5.73 Å². The zero-order valence-electron chi connectivity index (χ0n) is 16.4. The molecule has 12 nitrogen and oxygen atoms in total. The van der Waals surface area contributed by atoms with Crippen LogP contribution in [0.15, 0.2) is 24.3 Å². The Bertz CT molecular complexity index is 776. The summed E-state index contributed by atoms with van der Waals surface area (Å²) in [4.78, 5) is 48.1. The number of amides is 3. The number of carbonyl (C=O) groups is 4. The van der Waals surface area contributed by atoms with Gasteiger partial charge in [-0.05, 0) is 17.7 Å². The van der Waals surface area contributed by atoms with Crippen LogP contribution in [0.25, 0.3) is 0 Å². The summed E-state index contributed by atoms with van der Waals surface area (Å²) in [6.45, 7) is -1.67. The number of nitrogens with one attached hydrogen (secondary N) is 3. The number of phenolic OH excluding ortho intramolecular Hbond substituents is 1. The van der Waals surface area contributed by atoms with Crippen LogP contribution in [0, 0.1) is 0 Å². The first-order chi connectivity index (χ1) is 14.6. The van der Waals surface area contributed by atoms with Crippen LogP contribution < -0.4 is 21.7 Å². The van der Waals surface area contributed by atoms with E-state index in [1.807, 2.05) is 0 Å². The lowest BCUT2D eigenvalue weighted by molar-refractivity contribution is -0.143. The maximum atomic E-state index is 12.6. The van der Waals surface area contributed by atoms with Gasteiger partial charge >= 0.3 is 5.97 Å². The second kappa shape index (κ2) is 12.7. The van der Waals surface area contributed by atoms with Gasteiger partial charge in [-0.3, -0.25) is 14.4 Å². The van der Waals surface area contributed by atoms with Crippen molar-refractivity contribution in [1.29, 1.82) is 0 Å². The molecule has 0 fully saturated rings. The Kier molecular flexibility index (Phi) is 10.8. The molecule has 0 aromatic heterocycles. The predicted molar refractivity (Wildman–Crippen MR) is 111 cm³/mol. The smallest absolute Gasteiger partial charge is 0.328 e. The fourth-order valence-electron chi connectivity index (χ4n) is 2.36.